The number of carboxylic acids is 1. The van der Waals surface area contributed by atoms with Crippen LogP contribution in [0.5, 0.6) is 11.5 Å². The molecular weight excluding hydrogens is 420 g/mol. The van der Waals surface area contributed by atoms with E-state index in [1.54, 1.807) is 36.4 Å². The van der Waals surface area contributed by atoms with Crippen molar-refractivity contribution in [3.63, 3.8) is 0 Å². The second kappa shape index (κ2) is 10.9. The molecule has 0 aliphatic carbocycles. The summed E-state index contributed by atoms with van der Waals surface area (Å²) in [5, 5.41) is 21.6. The Labute approximate surface area is 185 Å². The number of ether oxygens (including phenoxy) is 2. The van der Waals surface area contributed by atoms with E-state index in [1.165, 1.54) is 13.2 Å². The van der Waals surface area contributed by atoms with Crippen LogP contribution in [0.15, 0.2) is 48.6 Å². The summed E-state index contributed by atoms with van der Waals surface area (Å²) in [6.45, 7) is 4.96. The molecule has 2 rings (SSSR count). The van der Waals surface area contributed by atoms with Crippen molar-refractivity contribution in [1.82, 2.24) is 0 Å². The fourth-order valence-electron chi connectivity index (χ4n) is 2.76. The number of hydrogen-bond donors (Lipinski definition) is 2. The molecule has 7 nitrogen and oxygen atoms in total. The minimum Gasteiger partial charge on any atom is -0.493 e. The van der Waals surface area contributed by atoms with Crippen molar-refractivity contribution in [1.29, 1.82) is 5.26 Å². The number of benzene rings is 2. The average Bonchev–Trinajstić information content (AvgIpc) is 2.73. The molecular formula is C23H21ClN2O5. The van der Waals surface area contributed by atoms with Gasteiger partial charge in [0.15, 0.2) is 18.1 Å². The molecule has 0 atom stereocenters. The van der Waals surface area contributed by atoms with Crippen LogP contribution in [0, 0.1) is 18.3 Å². The van der Waals surface area contributed by atoms with Gasteiger partial charge in [-0.15, -0.1) is 6.58 Å². The number of carbonyl (C=O) groups is 2. The number of carbonyl (C=O) groups excluding carboxylic acids is 1. The third-order valence-electron chi connectivity index (χ3n) is 4.20. The lowest BCUT2D eigenvalue weighted by Crippen LogP contribution is -2.14. The first kappa shape index (κ1) is 23.5. The lowest BCUT2D eigenvalue weighted by Gasteiger charge is -2.15. The molecule has 2 aromatic carbocycles. The minimum atomic E-state index is -1.13. The van der Waals surface area contributed by atoms with Crippen molar-refractivity contribution in [3.05, 3.63) is 70.3 Å². The van der Waals surface area contributed by atoms with Crippen LogP contribution in [0.25, 0.3) is 6.08 Å². The Morgan fingerprint density at radius 3 is 2.68 bits per heavy atom. The number of nitrogens with one attached hydrogen (secondary N) is 1. The van der Waals surface area contributed by atoms with E-state index in [1.807, 2.05) is 13.0 Å². The van der Waals surface area contributed by atoms with Crippen LogP contribution in [-0.4, -0.2) is 30.7 Å². The lowest BCUT2D eigenvalue weighted by atomic mass is 10.0. The third-order valence-corrected chi connectivity index (χ3v) is 4.44. The van der Waals surface area contributed by atoms with E-state index in [0.717, 1.165) is 5.56 Å². The van der Waals surface area contributed by atoms with Gasteiger partial charge in [-0.05, 0) is 54.8 Å². The highest BCUT2D eigenvalue weighted by molar-refractivity contribution is 6.31. The Morgan fingerprint density at radius 2 is 2.06 bits per heavy atom. The topological polar surface area (TPSA) is 109 Å². The molecule has 1 amide bonds. The van der Waals surface area contributed by atoms with Crippen molar-refractivity contribution < 1.29 is 24.2 Å². The summed E-state index contributed by atoms with van der Waals surface area (Å²) in [5.41, 5.74) is 2.27. The number of methoxy groups -OCH3 is 1. The average molecular weight is 441 g/mol. The maximum Gasteiger partial charge on any atom is 0.341 e. The number of rotatable bonds is 9. The fraction of sp³-hybridized carbons (Fsp3) is 0.174. The molecule has 160 valence electrons. The molecule has 0 aliphatic rings. The maximum atomic E-state index is 12.6. The second-order valence-corrected chi connectivity index (χ2v) is 6.91. The molecule has 0 saturated carbocycles. The molecule has 0 saturated heterocycles. The van der Waals surface area contributed by atoms with Gasteiger partial charge in [0.1, 0.15) is 11.6 Å². The van der Waals surface area contributed by atoms with Crippen molar-refractivity contribution in [2.24, 2.45) is 0 Å². The number of carboxylic acid groups (broad SMARTS) is 1. The van der Waals surface area contributed by atoms with Crippen LogP contribution in [0.4, 0.5) is 5.69 Å². The Balaban J connectivity index is 2.42. The first-order valence-electron chi connectivity index (χ1n) is 9.14. The number of hydrogen-bond acceptors (Lipinski definition) is 5. The van der Waals surface area contributed by atoms with Crippen LogP contribution in [0.1, 0.15) is 16.7 Å². The number of halogens is 1. The Kier molecular flexibility index (Phi) is 8.24. The molecule has 2 N–H and O–H groups in total. The normalized spacial score (nSPS) is 10.7. The second-order valence-electron chi connectivity index (χ2n) is 6.47. The minimum absolute atomic E-state index is 0.134. The number of amides is 1. The molecule has 0 fully saturated rings. The number of nitrogens with zero attached hydrogens (tertiary/aromatic N) is 1. The van der Waals surface area contributed by atoms with Crippen LogP contribution in [0.3, 0.4) is 0 Å². The van der Waals surface area contributed by atoms with E-state index in [0.29, 0.717) is 28.3 Å². The van der Waals surface area contributed by atoms with Gasteiger partial charge in [0, 0.05) is 16.3 Å². The number of nitriles is 1. The smallest absolute Gasteiger partial charge is 0.341 e. The molecule has 0 aromatic heterocycles. The first-order valence-corrected chi connectivity index (χ1v) is 9.52. The van der Waals surface area contributed by atoms with E-state index in [4.69, 9.17) is 26.2 Å². The zero-order valence-corrected chi connectivity index (χ0v) is 17.8. The molecule has 0 spiro atoms. The summed E-state index contributed by atoms with van der Waals surface area (Å²) >= 11 is 5.98. The SMILES string of the molecule is C=CCc1cc(/C=C(/C#N)C(=O)Nc2cc(Cl)ccc2C)cc(OC)c1OCC(=O)O. The van der Waals surface area contributed by atoms with Gasteiger partial charge < -0.3 is 19.9 Å². The monoisotopic (exact) mass is 440 g/mol. The molecule has 8 heteroatoms. The molecule has 0 bridgehead atoms. The van der Waals surface area contributed by atoms with E-state index in [2.05, 4.69) is 11.9 Å². The van der Waals surface area contributed by atoms with E-state index in [9.17, 15) is 14.9 Å². The molecule has 0 unspecified atom stereocenters. The predicted octanol–water partition coefficient (Wildman–Crippen LogP) is 4.39. The highest BCUT2D eigenvalue weighted by Gasteiger charge is 2.16. The summed E-state index contributed by atoms with van der Waals surface area (Å²) in [5.74, 6) is -1.19. The number of anilines is 1. The molecule has 0 radical (unpaired) electrons. The van der Waals surface area contributed by atoms with Crippen molar-refractivity contribution in [2.75, 3.05) is 19.0 Å². The number of allylic oxidation sites excluding steroid dienone is 1. The summed E-state index contributed by atoms with van der Waals surface area (Å²) in [6, 6.07) is 10.2. The highest BCUT2D eigenvalue weighted by atomic mass is 35.5. The van der Waals surface area contributed by atoms with Crippen LogP contribution in [0.2, 0.25) is 5.02 Å². The summed E-state index contributed by atoms with van der Waals surface area (Å²) in [6.07, 6.45) is 3.39. The zero-order chi connectivity index (χ0) is 23.0. The molecule has 2 aromatic rings. The van der Waals surface area contributed by atoms with Gasteiger partial charge in [-0.2, -0.15) is 5.26 Å². The zero-order valence-electron chi connectivity index (χ0n) is 17.1. The van der Waals surface area contributed by atoms with Gasteiger partial charge in [0.2, 0.25) is 0 Å². The van der Waals surface area contributed by atoms with Crippen molar-refractivity contribution in [2.45, 2.75) is 13.3 Å². The number of aliphatic carboxylic acids is 1. The Morgan fingerprint density at radius 1 is 1.32 bits per heavy atom. The van der Waals surface area contributed by atoms with E-state index < -0.39 is 18.5 Å². The summed E-state index contributed by atoms with van der Waals surface area (Å²) < 4.78 is 10.7. The van der Waals surface area contributed by atoms with Gasteiger partial charge in [-0.1, -0.05) is 23.7 Å². The Hall–Kier alpha value is -3.76. The van der Waals surface area contributed by atoms with E-state index >= 15 is 0 Å². The third kappa shape index (κ3) is 6.36. The quantitative estimate of drug-likeness (QED) is 0.340. The van der Waals surface area contributed by atoms with E-state index in [-0.39, 0.29) is 17.1 Å². The largest absolute Gasteiger partial charge is 0.493 e. The van der Waals surface area contributed by atoms with Gasteiger partial charge in [-0.3, -0.25) is 4.79 Å². The van der Waals surface area contributed by atoms with Crippen molar-refractivity contribution in [3.8, 4) is 17.6 Å². The summed E-state index contributed by atoms with van der Waals surface area (Å²) in [7, 11) is 1.41. The standard InChI is InChI=1S/C23H21ClN2O5/c1-4-5-16-8-15(10-20(30-3)22(16)31-13-21(27)28)9-17(12-25)23(29)26-19-11-18(24)7-6-14(19)2/h4,6-11H,1,5,13H2,2-3H3,(H,26,29)(H,27,28)/b17-9-. The highest BCUT2D eigenvalue weighted by Crippen LogP contribution is 2.34. The maximum absolute atomic E-state index is 12.6. The van der Waals surface area contributed by atoms with Gasteiger partial charge in [0.25, 0.3) is 5.91 Å². The van der Waals surface area contributed by atoms with Crippen LogP contribution in [-0.2, 0) is 16.0 Å². The predicted molar refractivity (Wildman–Crippen MR) is 118 cm³/mol. The van der Waals surface area contributed by atoms with Gasteiger partial charge in [-0.25, -0.2) is 4.79 Å². The number of aryl methyl sites for hydroxylation is 1. The van der Waals surface area contributed by atoms with Gasteiger partial charge in [0.05, 0.1) is 7.11 Å². The van der Waals surface area contributed by atoms with Crippen LogP contribution >= 0.6 is 11.6 Å². The van der Waals surface area contributed by atoms with Gasteiger partial charge >= 0.3 is 5.97 Å². The first-order chi connectivity index (χ1) is 14.8. The summed E-state index contributed by atoms with van der Waals surface area (Å²) in [4.78, 5) is 23.5. The fourth-order valence-corrected chi connectivity index (χ4v) is 2.93. The molecule has 31 heavy (non-hydrogen) atoms. The lowest BCUT2D eigenvalue weighted by molar-refractivity contribution is -0.139. The molecule has 0 heterocycles. The molecule has 0 aliphatic heterocycles. The van der Waals surface area contributed by atoms with Crippen LogP contribution < -0.4 is 14.8 Å². The van der Waals surface area contributed by atoms with Crippen molar-refractivity contribution >= 4 is 35.2 Å². The Bertz CT molecular complexity index is 1090.